The van der Waals surface area contributed by atoms with Gasteiger partial charge < -0.3 is 23.4 Å². The maximum atomic E-state index is 9.51. The fourth-order valence-electron chi connectivity index (χ4n) is 15.0. The predicted molar refractivity (Wildman–Crippen MR) is 405 cm³/mol. The van der Waals surface area contributed by atoms with E-state index >= 15 is 0 Å². The third-order valence-corrected chi connectivity index (χ3v) is 19.9. The van der Waals surface area contributed by atoms with Crippen LogP contribution in [0.15, 0.2) is 283 Å². The number of nitrogens with zero attached hydrogens (tertiary/aromatic N) is 4. The van der Waals surface area contributed by atoms with Gasteiger partial charge in [-0.1, -0.05) is 244 Å². The number of aromatic nitrogens is 2. The van der Waals surface area contributed by atoms with Crippen LogP contribution in [-0.4, -0.2) is 9.13 Å². The highest BCUT2D eigenvalue weighted by atomic mass is 16.3. The molecule has 3 aromatic heterocycles. The molecule has 0 fully saturated rings. The molecule has 5 heterocycles. The molecule has 0 N–H and O–H groups in total. The Morgan fingerprint density at radius 1 is 0.302 bits per heavy atom. The average molecular weight is 1250 g/mol. The molecule has 0 bridgehead atoms. The van der Waals surface area contributed by atoms with Gasteiger partial charge in [0.2, 0.25) is 0 Å². The number of para-hydroxylation sites is 4. The molecular weight excluding hydrogens is 1170 g/mol. The van der Waals surface area contributed by atoms with Crippen LogP contribution in [0.3, 0.4) is 0 Å². The van der Waals surface area contributed by atoms with Crippen LogP contribution in [-0.2, 0) is 16.2 Å². The van der Waals surface area contributed by atoms with E-state index in [-0.39, 0.29) is 61.6 Å². The van der Waals surface area contributed by atoms with Crippen molar-refractivity contribution in [2.24, 2.45) is 0 Å². The molecule has 0 saturated carbocycles. The van der Waals surface area contributed by atoms with E-state index in [9.17, 15) is 8.22 Å². The van der Waals surface area contributed by atoms with Crippen LogP contribution in [0.2, 0.25) is 0 Å². The summed E-state index contributed by atoms with van der Waals surface area (Å²) < 4.78 is 130. The van der Waals surface area contributed by atoms with Gasteiger partial charge in [-0.05, 0) is 174 Å². The molecule has 2 aliphatic rings. The monoisotopic (exact) mass is 1250 g/mol. The minimum atomic E-state index is -0.551. The molecule has 96 heavy (non-hydrogen) atoms. The molecule has 5 heteroatoms. The lowest BCUT2D eigenvalue weighted by molar-refractivity contribution is 0.589. The minimum absolute atomic E-state index is 0.0279. The van der Waals surface area contributed by atoms with E-state index in [1.54, 1.807) is 12.1 Å². The van der Waals surface area contributed by atoms with Crippen LogP contribution >= 0.6 is 0 Å². The summed E-state index contributed by atoms with van der Waals surface area (Å²) in [5, 5.41) is 3.42. The predicted octanol–water partition coefficient (Wildman–Crippen LogP) is 25.4. The van der Waals surface area contributed by atoms with Crippen LogP contribution in [0.25, 0.3) is 110 Å². The van der Waals surface area contributed by atoms with Crippen molar-refractivity contribution in [2.75, 3.05) is 9.80 Å². The number of benzene rings is 13. The summed E-state index contributed by atoms with van der Waals surface area (Å²) >= 11 is 0. The zero-order chi connectivity index (χ0) is 76.4. The Morgan fingerprint density at radius 3 is 1.39 bits per heavy atom. The van der Waals surface area contributed by atoms with E-state index in [1.807, 2.05) is 54.6 Å². The summed E-state index contributed by atoms with van der Waals surface area (Å²) in [6, 6.07) is 64.0. The third-order valence-electron chi connectivity index (χ3n) is 19.9. The molecule has 16 aromatic rings. The largest absolute Gasteiger partial charge is 0.452 e. The van der Waals surface area contributed by atoms with Gasteiger partial charge in [0.15, 0.2) is 11.2 Å². The molecule has 2 aliphatic heterocycles. The molecule has 0 radical (unpaired) electrons. The molecule has 0 aliphatic carbocycles. The first-order valence-corrected chi connectivity index (χ1v) is 32.9. The van der Waals surface area contributed by atoms with E-state index in [0.717, 1.165) is 94.8 Å². The molecule has 0 amide bonds. The molecule has 5 nitrogen and oxygen atoms in total. The fraction of sp³-hybridized carbons (Fsp3) is 0.143. The van der Waals surface area contributed by atoms with Crippen LogP contribution in [0.5, 0.6) is 0 Å². The van der Waals surface area contributed by atoms with Crippen molar-refractivity contribution >= 4 is 99.7 Å². The zero-order valence-electron chi connectivity index (χ0n) is 67.8. The van der Waals surface area contributed by atoms with Gasteiger partial charge in [-0.25, -0.2) is 0 Å². The lowest BCUT2D eigenvalue weighted by atomic mass is 9.73. The van der Waals surface area contributed by atoms with Crippen LogP contribution in [0, 0.1) is 0 Å². The Labute approximate surface area is 579 Å². The first-order valence-electron chi connectivity index (χ1n) is 39.4. The van der Waals surface area contributed by atoms with E-state index in [4.69, 9.17) is 14.0 Å². The Morgan fingerprint density at radius 2 is 0.812 bits per heavy atom. The standard InChI is InChI=1S/C91H74N4O/c1-89(2,3)62-40-45-77-73(51-62)74-52-63(90(4,5)6)41-46-78(74)92(77)65-42-44-72-82(55-65)93(66-48-60(57-27-15-11-16-28-57)47-61(49-66)58-29-17-12-18-30-58)83-53-64(91(7,8)9)54-84-86(83)85(72)71-43-39-59(56-25-13-10-14-26-56)50-81(71)95(84)80-38-24-34-70-69-33-23-37-79(87(69)96-88(70)80)94-75-35-21-19-31-67(75)68-32-20-22-36-76(68)94/h10-55,85H,1-9H3/i10D,13D,14D,19D,20D,21D,22D,25D,26D,31D,32D,35D,36D. The molecule has 464 valence electrons. The fourth-order valence-corrected chi connectivity index (χ4v) is 15.0. The topological polar surface area (TPSA) is 29.5 Å². The first kappa shape index (κ1) is 45.2. The highest BCUT2D eigenvalue weighted by Crippen LogP contribution is 2.63. The van der Waals surface area contributed by atoms with E-state index in [0.29, 0.717) is 33.3 Å². The SMILES string of the molecule is [2H]c1c([2H])c([2H])c(-c2ccc3c(c2)N(c2cccc4c2oc2c(-n5c6c([2H])c([2H])c([2H])c([2H])c6c6c([2H])c([2H])c([2H])c([2H])c65)cccc24)c2cc(C(C)(C)C)cc4c2C3c2ccc(-n3c5ccc(C(C)(C)C)cc5c5cc(C(C)(C)C)ccc53)cc2N4c2cc(-c3ccccc3)cc(-c3ccccc3)c2)c([2H])c1[2H]. The van der Waals surface area contributed by atoms with Gasteiger partial charge in [-0.15, -0.1) is 0 Å². The summed E-state index contributed by atoms with van der Waals surface area (Å²) in [6.45, 7) is 20.1. The van der Waals surface area contributed by atoms with Crippen LogP contribution < -0.4 is 9.80 Å². The van der Waals surface area contributed by atoms with Crippen molar-refractivity contribution < 1.29 is 22.2 Å². The van der Waals surface area contributed by atoms with Crippen molar-refractivity contribution in [1.29, 1.82) is 0 Å². The van der Waals surface area contributed by atoms with Gasteiger partial charge in [-0.2, -0.15) is 0 Å². The van der Waals surface area contributed by atoms with Crippen molar-refractivity contribution in [3.63, 3.8) is 0 Å². The highest BCUT2D eigenvalue weighted by molar-refractivity contribution is 6.16. The first-order chi connectivity index (χ1) is 51.9. The Kier molecular flexibility index (Phi) is 9.98. The smallest absolute Gasteiger partial charge is 0.159 e. The Bertz CT molecular complexity index is 6440. The molecular formula is C91H74N4O. The van der Waals surface area contributed by atoms with E-state index in [1.165, 1.54) is 15.7 Å². The Hall–Kier alpha value is -11.1. The number of fused-ring (bicyclic) bond motifs is 13. The van der Waals surface area contributed by atoms with Gasteiger partial charge in [0.1, 0.15) is 0 Å². The van der Waals surface area contributed by atoms with Gasteiger partial charge in [0, 0.05) is 55.2 Å². The number of rotatable bonds is 7. The number of hydrogen-bond acceptors (Lipinski definition) is 3. The minimum Gasteiger partial charge on any atom is -0.452 e. The summed E-state index contributed by atoms with van der Waals surface area (Å²) in [6.07, 6.45) is 0. The molecule has 1 atom stereocenters. The second-order valence-corrected chi connectivity index (χ2v) is 28.8. The van der Waals surface area contributed by atoms with Crippen molar-refractivity contribution in [3.8, 4) is 44.8 Å². The summed E-state index contributed by atoms with van der Waals surface area (Å²) in [7, 11) is 0. The number of anilines is 6. The Balaban J connectivity index is 0.969. The maximum absolute atomic E-state index is 9.51. The average Bonchev–Trinajstić information content (AvgIpc) is 1.30. The maximum Gasteiger partial charge on any atom is 0.159 e. The molecule has 0 saturated heterocycles. The molecule has 13 aromatic carbocycles. The number of hydrogen-bond donors (Lipinski definition) is 0. The second-order valence-electron chi connectivity index (χ2n) is 28.8. The molecule has 18 rings (SSSR count). The van der Waals surface area contributed by atoms with E-state index < -0.39 is 77.8 Å². The summed E-state index contributed by atoms with van der Waals surface area (Å²) in [4.78, 5) is 4.62. The van der Waals surface area contributed by atoms with Crippen LogP contribution in [0.4, 0.5) is 34.1 Å². The lowest BCUT2D eigenvalue weighted by Gasteiger charge is -2.46. The quantitative estimate of drug-likeness (QED) is 0.159. The summed E-state index contributed by atoms with van der Waals surface area (Å²) in [5.74, 6) is -0.525. The second kappa shape index (κ2) is 21.2. The number of furan rings is 1. The lowest BCUT2D eigenvalue weighted by Crippen LogP contribution is -2.30. The molecule has 0 spiro atoms. The van der Waals surface area contributed by atoms with Crippen molar-refractivity contribution in [1.82, 2.24) is 9.13 Å². The van der Waals surface area contributed by atoms with Gasteiger partial charge in [0.25, 0.3) is 0 Å². The van der Waals surface area contributed by atoms with Gasteiger partial charge >= 0.3 is 0 Å². The highest BCUT2D eigenvalue weighted by Gasteiger charge is 2.43. The summed E-state index contributed by atoms with van der Waals surface area (Å²) in [5.41, 5.74) is 18.5. The normalized spacial score (nSPS) is 15.8. The molecule has 1 unspecified atom stereocenters. The van der Waals surface area contributed by atoms with Crippen molar-refractivity contribution in [2.45, 2.75) is 84.5 Å². The zero-order valence-corrected chi connectivity index (χ0v) is 54.8. The third kappa shape index (κ3) is 8.97. The van der Waals surface area contributed by atoms with Gasteiger partial charge in [-0.3, -0.25) is 0 Å². The van der Waals surface area contributed by atoms with E-state index in [2.05, 4.69) is 210 Å². The van der Waals surface area contributed by atoms with Crippen molar-refractivity contribution in [3.05, 3.63) is 312 Å². The van der Waals surface area contributed by atoms with Gasteiger partial charge in [0.05, 0.1) is 74.0 Å². The van der Waals surface area contributed by atoms with Crippen LogP contribution in [0.1, 0.15) is 119 Å².